The van der Waals surface area contributed by atoms with Crippen LogP contribution in [0.15, 0.2) is 48.5 Å². The van der Waals surface area contributed by atoms with E-state index in [1.165, 1.54) is 29.7 Å². The molecule has 1 fully saturated rings. The van der Waals surface area contributed by atoms with Crippen LogP contribution in [0.4, 0.5) is 13.2 Å². The van der Waals surface area contributed by atoms with Crippen molar-refractivity contribution in [2.75, 3.05) is 0 Å². The molecule has 0 bridgehead atoms. The molecule has 1 saturated carbocycles. The average Bonchev–Trinajstić information content (AvgIpc) is 2.67. The molecule has 0 nitrogen and oxygen atoms in total. The summed E-state index contributed by atoms with van der Waals surface area (Å²) in [6, 6.07) is 14.1. The highest BCUT2D eigenvalue weighted by Gasteiger charge is 2.29. The second kappa shape index (κ2) is 8.65. The van der Waals surface area contributed by atoms with Gasteiger partial charge in [-0.3, -0.25) is 0 Å². The maximum Gasteiger partial charge on any atom is 0.416 e. The van der Waals surface area contributed by atoms with Crippen LogP contribution in [0.3, 0.4) is 0 Å². The summed E-state index contributed by atoms with van der Waals surface area (Å²) in [5, 5.41) is 0. The molecule has 1 aliphatic rings. The third-order valence-electron chi connectivity index (χ3n) is 5.35. The SMILES string of the molecule is CCCc1ccc([C@H]2CC[C@H](C#Cc3ccc(C(F)(F)F)cc3)CC2)cc1. The molecule has 0 amide bonds. The van der Waals surface area contributed by atoms with Gasteiger partial charge in [0.05, 0.1) is 5.56 Å². The van der Waals surface area contributed by atoms with Gasteiger partial charge in [0.1, 0.15) is 0 Å². The van der Waals surface area contributed by atoms with E-state index in [-0.39, 0.29) is 0 Å². The predicted octanol–water partition coefficient (Wildman–Crippen LogP) is 6.98. The summed E-state index contributed by atoms with van der Waals surface area (Å²) < 4.78 is 37.8. The number of alkyl halides is 3. The van der Waals surface area contributed by atoms with Crippen LogP contribution in [0.2, 0.25) is 0 Å². The minimum Gasteiger partial charge on any atom is -0.166 e. The quantitative estimate of drug-likeness (QED) is 0.511. The molecule has 2 aromatic rings. The Morgan fingerprint density at radius 1 is 0.889 bits per heavy atom. The minimum absolute atomic E-state index is 0.336. The van der Waals surface area contributed by atoms with Crippen LogP contribution in [0.25, 0.3) is 0 Å². The first-order valence-electron chi connectivity index (χ1n) is 9.73. The Kier molecular flexibility index (Phi) is 6.26. The van der Waals surface area contributed by atoms with E-state index in [9.17, 15) is 13.2 Å². The summed E-state index contributed by atoms with van der Waals surface area (Å²) in [5.74, 6) is 7.25. The van der Waals surface area contributed by atoms with Crippen molar-refractivity contribution >= 4 is 0 Å². The molecule has 0 aromatic heterocycles. The number of hydrogen-bond acceptors (Lipinski definition) is 0. The Morgan fingerprint density at radius 3 is 2.07 bits per heavy atom. The Labute approximate surface area is 159 Å². The number of halogens is 3. The number of benzene rings is 2. The van der Waals surface area contributed by atoms with Gasteiger partial charge in [0.25, 0.3) is 0 Å². The van der Waals surface area contributed by atoms with Crippen molar-refractivity contribution in [3.8, 4) is 11.8 Å². The molecule has 1 aliphatic carbocycles. The van der Waals surface area contributed by atoms with Crippen molar-refractivity contribution in [3.63, 3.8) is 0 Å². The van der Waals surface area contributed by atoms with Gasteiger partial charge in [-0.2, -0.15) is 13.2 Å². The third-order valence-corrected chi connectivity index (χ3v) is 5.35. The molecule has 27 heavy (non-hydrogen) atoms. The fraction of sp³-hybridized carbons (Fsp3) is 0.417. The van der Waals surface area contributed by atoms with Gasteiger partial charge in [-0.25, -0.2) is 0 Å². The molecule has 0 heterocycles. The molecule has 0 N–H and O–H groups in total. The smallest absolute Gasteiger partial charge is 0.166 e. The van der Waals surface area contributed by atoms with Crippen molar-refractivity contribution in [3.05, 3.63) is 70.8 Å². The lowest BCUT2D eigenvalue weighted by Gasteiger charge is -2.26. The molecule has 3 rings (SSSR count). The average molecular weight is 370 g/mol. The molecule has 0 spiro atoms. The number of rotatable bonds is 3. The second-order valence-corrected chi connectivity index (χ2v) is 7.38. The zero-order valence-electron chi connectivity index (χ0n) is 15.7. The van der Waals surface area contributed by atoms with Crippen LogP contribution < -0.4 is 0 Å². The van der Waals surface area contributed by atoms with E-state index >= 15 is 0 Å². The van der Waals surface area contributed by atoms with E-state index in [4.69, 9.17) is 0 Å². The first kappa shape index (κ1) is 19.5. The number of aryl methyl sites for hydroxylation is 1. The van der Waals surface area contributed by atoms with Gasteiger partial charge in [-0.15, -0.1) is 0 Å². The van der Waals surface area contributed by atoms with E-state index in [0.29, 0.717) is 17.4 Å². The maximum atomic E-state index is 12.6. The summed E-state index contributed by atoms with van der Waals surface area (Å²) in [6.07, 6.45) is 2.36. The first-order chi connectivity index (χ1) is 13.0. The molecular formula is C24H25F3. The van der Waals surface area contributed by atoms with Crippen molar-refractivity contribution in [1.29, 1.82) is 0 Å². The largest absolute Gasteiger partial charge is 0.416 e. The summed E-state index contributed by atoms with van der Waals surface area (Å²) in [7, 11) is 0. The molecule has 142 valence electrons. The van der Waals surface area contributed by atoms with Gasteiger partial charge in [0.2, 0.25) is 0 Å². The van der Waals surface area contributed by atoms with Crippen molar-refractivity contribution in [2.45, 2.75) is 57.5 Å². The normalized spacial score (nSPS) is 20.0. The highest BCUT2D eigenvalue weighted by molar-refractivity contribution is 5.37. The monoisotopic (exact) mass is 370 g/mol. The molecule has 0 radical (unpaired) electrons. The standard InChI is InChI=1S/C24H25F3/c1-2-3-18-6-12-21(13-7-18)22-14-8-19(9-15-22)4-5-20-10-16-23(17-11-20)24(25,26)27/h6-7,10-13,16-17,19,22H,2-3,8-9,14-15H2,1H3/t19-,22-. The van der Waals surface area contributed by atoms with Crippen LogP contribution in [0.1, 0.15) is 67.2 Å². The van der Waals surface area contributed by atoms with Gasteiger partial charge in [-0.1, -0.05) is 49.5 Å². The van der Waals surface area contributed by atoms with Crippen LogP contribution in [-0.2, 0) is 12.6 Å². The van der Waals surface area contributed by atoms with Crippen molar-refractivity contribution in [1.82, 2.24) is 0 Å². The predicted molar refractivity (Wildman–Crippen MR) is 103 cm³/mol. The Hall–Kier alpha value is -2.21. The van der Waals surface area contributed by atoms with E-state index in [0.717, 1.165) is 44.2 Å². The second-order valence-electron chi connectivity index (χ2n) is 7.38. The molecule has 3 heteroatoms. The summed E-state index contributed by atoms with van der Waals surface area (Å²) >= 11 is 0. The van der Waals surface area contributed by atoms with Gasteiger partial charge in [-0.05, 0) is 73.4 Å². The maximum absolute atomic E-state index is 12.6. The minimum atomic E-state index is -4.29. The van der Waals surface area contributed by atoms with Crippen LogP contribution in [-0.4, -0.2) is 0 Å². The Bertz CT molecular complexity index is 781. The van der Waals surface area contributed by atoms with E-state index < -0.39 is 11.7 Å². The lowest BCUT2D eigenvalue weighted by molar-refractivity contribution is -0.137. The lowest BCUT2D eigenvalue weighted by atomic mass is 9.78. The van der Waals surface area contributed by atoms with Crippen LogP contribution >= 0.6 is 0 Å². The summed E-state index contributed by atoms with van der Waals surface area (Å²) in [6.45, 7) is 2.20. The van der Waals surface area contributed by atoms with Crippen molar-refractivity contribution < 1.29 is 13.2 Å². The van der Waals surface area contributed by atoms with Gasteiger partial charge >= 0.3 is 6.18 Å². The summed E-state index contributed by atoms with van der Waals surface area (Å²) in [5.41, 5.74) is 2.84. The van der Waals surface area contributed by atoms with Gasteiger partial charge in [0, 0.05) is 11.5 Å². The van der Waals surface area contributed by atoms with E-state index in [2.05, 4.69) is 43.0 Å². The number of hydrogen-bond donors (Lipinski definition) is 0. The zero-order chi connectivity index (χ0) is 19.3. The summed E-state index contributed by atoms with van der Waals surface area (Å²) in [4.78, 5) is 0. The topological polar surface area (TPSA) is 0 Å². The van der Waals surface area contributed by atoms with Gasteiger partial charge < -0.3 is 0 Å². The highest BCUT2D eigenvalue weighted by Crippen LogP contribution is 2.35. The zero-order valence-corrected chi connectivity index (χ0v) is 15.7. The molecular weight excluding hydrogens is 345 g/mol. The van der Waals surface area contributed by atoms with Crippen molar-refractivity contribution in [2.24, 2.45) is 5.92 Å². The molecule has 0 unspecified atom stereocenters. The molecule has 0 atom stereocenters. The van der Waals surface area contributed by atoms with Crippen LogP contribution in [0, 0.1) is 17.8 Å². The molecule has 0 saturated heterocycles. The Morgan fingerprint density at radius 2 is 1.52 bits per heavy atom. The van der Waals surface area contributed by atoms with Gasteiger partial charge in [0.15, 0.2) is 0 Å². The lowest BCUT2D eigenvalue weighted by Crippen LogP contribution is -2.12. The first-order valence-corrected chi connectivity index (χ1v) is 9.73. The van der Waals surface area contributed by atoms with Crippen LogP contribution in [0.5, 0.6) is 0 Å². The van der Waals surface area contributed by atoms with E-state index in [1.807, 2.05) is 0 Å². The molecule has 2 aromatic carbocycles. The molecule has 0 aliphatic heterocycles. The fourth-order valence-corrected chi connectivity index (χ4v) is 3.74. The third kappa shape index (κ3) is 5.39. The highest BCUT2D eigenvalue weighted by atomic mass is 19.4. The Balaban J connectivity index is 1.55. The fourth-order valence-electron chi connectivity index (χ4n) is 3.74. The van der Waals surface area contributed by atoms with E-state index in [1.54, 1.807) is 0 Å².